The number of nitrogens with one attached hydrogen (secondary N) is 1. The fraction of sp³-hybridized carbons (Fsp3) is 0.414. The van der Waals surface area contributed by atoms with Gasteiger partial charge >= 0.3 is 0 Å². The Kier molecular flexibility index (Phi) is 6.09. The first kappa shape index (κ1) is 23.4. The van der Waals surface area contributed by atoms with Crippen molar-refractivity contribution in [2.45, 2.75) is 31.5 Å². The first-order valence-corrected chi connectivity index (χ1v) is 13.5. The highest BCUT2D eigenvalue weighted by molar-refractivity contribution is 5.81. The molecular formula is C29H33N7O2. The van der Waals surface area contributed by atoms with Gasteiger partial charge < -0.3 is 19.7 Å². The summed E-state index contributed by atoms with van der Waals surface area (Å²) in [5.74, 6) is 3.27. The highest BCUT2D eigenvalue weighted by atomic mass is 16.5. The summed E-state index contributed by atoms with van der Waals surface area (Å²) in [6.45, 7) is 5.85. The van der Waals surface area contributed by atoms with Crippen LogP contribution < -0.4 is 19.7 Å². The van der Waals surface area contributed by atoms with E-state index in [1.165, 1.54) is 12.0 Å². The van der Waals surface area contributed by atoms with Gasteiger partial charge in [-0.05, 0) is 61.7 Å². The number of methoxy groups -OCH3 is 1. The van der Waals surface area contributed by atoms with Gasteiger partial charge in [0.15, 0.2) is 0 Å². The predicted molar refractivity (Wildman–Crippen MR) is 146 cm³/mol. The molecule has 38 heavy (non-hydrogen) atoms. The molecule has 1 N–H and O–H groups in total. The fourth-order valence-electron chi connectivity index (χ4n) is 5.91. The third-order valence-corrected chi connectivity index (χ3v) is 8.24. The number of rotatable bonds is 9. The lowest BCUT2D eigenvalue weighted by Gasteiger charge is -2.56. The number of aromatic nitrogens is 4. The lowest BCUT2D eigenvalue weighted by Crippen LogP contribution is -2.68. The number of hydrogen-bond donors (Lipinski definition) is 1. The van der Waals surface area contributed by atoms with Gasteiger partial charge in [0.05, 0.1) is 31.6 Å². The Morgan fingerprint density at radius 1 is 1.03 bits per heavy atom. The minimum Gasteiger partial charge on any atom is -0.492 e. The molecule has 0 aliphatic carbocycles. The zero-order valence-electron chi connectivity index (χ0n) is 21.7. The van der Waals surface area contributed by atoms with Crippen molar-refractivity contribution < 1.29 is 9.47 Å². The first-order chi connectivity index (χ1) is 18.7. The standard InChI is InChI=1S/C29H33N7O2/c1-37-29-5-2-21(14-32-29)16-35-23-10-24(35)18-34(17-23)28-4-3-22(15-31-28)26-11-25(19-36-27(26)6-8-33-36)38-9-7-20-12-30-13-20/h2-6,8,11,14-15,19-20,23-24,30H,7,9-10,12-13,16-18H2,1H3. The number of anilines is 1. The number of hydrogen-bond acceptors (Lipinski definition) is 8. The van der Waals surface area contributed by atoms with Crippen LogP contribution in [-0.2, 0) is 6.54 Å². The molecule has 4 aromatic heterocycles. The van der Waals surface area contributed by atoms with E-state index in [9.17, 15) is 0 Å². The van der Waals surface area contributed by atoms with Gasteiger partial charge in [-0.2, -0.15) is 5.10 Å². The van der Waals surface area contributed by atoms with E-state index in [1.54, 1.807) is 7.11 Å². The van der Waals surface area contributed by atoms with Crippen molar-refractivity contribution in [2.24, 2.45) is 5.92 Å². The van der Waals surface area contributed by atoms with Gasteiger partial charge in [-0.15, -0.1) is 0 Å². The summed E-state index contributed by atoms with van der Waals surface area (Å²) in [6.07, 6.45) is 10.0. The summed E-state index contributed by atoms with van der Waals surface area (Å²) in [5.41, 5.74) is 4.45. The zero-order chi connectivity index (χ0) is 25.5. The van der Waals surface area contributed by atoms with E-state index in [4.69, 9.17) is 14.5 Å². The molecule has 9 nitrogen and oxygen atoms in total. The quantitative estimate of drug-likeness (QED) is 0.367. The van der Waals surface area contributed by atoms with Crippen molar-refractivity contribution in [1.82, 2.24) is 29.8 Å². The molecule has 0 amide bonds. The lowest BCUT2D eigenvalue weighted by molar-refractivity contribution is -0.00876. The van der Waals surface area contributed by atoms with Crippen molar-refractivity contribution in [3.63, 3.8) is 0 Å². The topological polar surface area (TPSA) is 80.0 Å². The number of pyridine rings is 3. The number of piperazine rings is 1. The van der Waals surface area contributed by atoms with E-state index in [2.05, 4.69) is 49.5 Å². The highest BCUT2D eigenvalue weighted by Gasteiger charge is 2.44. The molecule has 4 fully saturated rings. The van der Waals surface area contributed by atoms with E-state index in [0.717, 1.165) is 79.9 Å². The van der Waals surface area contributed by atoms with Crippen LogP contribution in [0.2, 0.25) is 0 Å². The van der Waals surface area contributed by atoms with Crippen molar-refractivity contribution in [3.8, 4) is 22.8 Å². The second kappa shape index (κ2) is 9.89. The average Bonchev–Trinajstić information content (AvgIpc) is 3.42. The second-order valence-electron chi connectivity index (χ2n) is 10.6. The number of fused-ring (bicyclic) bond motifs is 3. The molecule has 0 spiro atoms. The number of piperidine rings is 1. The maximum Gasteiger partial charge on any atom is 0.212 e. The van der Waals surface area contributed by atoms with Gasteiger partial charge in [-0.3, -0.25) is 4.90 Å². The van der Waals surface area contributed by atoms with Crippen LogP contribution in [0, 0.1) is 5.92 Å². The summed E-state index contributed by atoms with van der Waals surface area (Å²) >= 11 is 0. The summed E-state index contributed by atoms with van der Waals surface area (Å²) in [5, 5.41) is 7.79. The lowest BCUT2D eigenvalue weighted by atomic mass is 9.87. The monoisotopic (exact) mass is 511 g/mol. The van der Waals surface area contributed by atoms with Crippen LogP contribution in [-0.4, -0.2) is 76.5 Å². The van der Waals surface area contributed by atoms with Crippen LogP contribution in [0.3, 0.4) is 0 Å². The van der Waals surface area contributed by atoms with Crippen molar-refractivity contribution in [3.05, 3.63) is 66.7 Å². The van der Waals surface area contributed by atoms with Gasteiger partial charge in [0.1, 0.15) is 11.6 Å². The smallest absolute Gasteiger partial charge is 0.212 e. The fourth-order valence-corrected chi connectivity index (χ4v) is 5.91. The molecule has 4 saturated heterocycles. The molecule has 4 aliphatic heterocycles. The molecular weight excluding hydrogens is 478 g/mol. The zero-order valence-corrected chi connectivity index (χ0v) is 21.7. The Morgan fingerprint density at radius 3 is 2.63 bits per heavy atom. The molecule has 2 atom stereocenters. The van der Waals surface area contributed by atoms with Crippen LogP contribution in [0.15, 0.2) is 61.2 Å². The molecule has 8 rings (SSSR count). The summed E-state index contributed by atoms with van der Waals surface area (Å²) < 4.78 is 13.2. The van der Waals surface area contributed by atoms with E-state index >= 15 is 0 Å². The molecule has 4 aromatic rings. The largest absolute Gasteiger partial charge is 0.492 e. The van der Waals surface area contributed by atoms with Gasteiger partial charge in [0.2, 0.25) is 5.88 Å². The van der Waals surface area contributed by atoms with Gasteiger partial charge in [0, 0.05) is 61.3 Å². The number of nitrogens with zero attached hydrogens (tertiary/aromatic N) is 6. The molecule has 2 bridgehead atoms. The van der Waals surface area contributed by atoms with Crippen LogP contribution in [0.1, 0.15) is 18.4 Å². The predicted octanol–water partition coefficient (Wildman–Crippen LogP) is 3.25. The molecule has 0 radical (unpaired) electrons. The molecule has 4 aliphatic rings. The van der Waals surface area contributed by atoms with Crippen molar-refractivity contribution in [2.75, 3.05) is 44.8 Å². The molecule has 0 saturated carbocycles. The van der Waals surface area contributed by atoms with E-state index in [-0.39, 0.29) is 0 Å². The Labute approximate surface area is 222 Å². The summed E-state index contributed by atoms with van der Waals surface area (Å²) in [7, 11) is 1.65. The molecule has 0 aromatic carbocycles. The third kappa shape index (κ3) is 4.46. The minimum absolute atomic E-state index is 0.549. The average molecular weight is 512 g/mol. The minimum atomic E-state index is 0.549. The van der Waals surface area contributed by atoms with Crippen LogP contribution in [0.5, 0.6) is 11.6 Å². The normalized spacial score (nSPS) is 21.2. The Balaban J connectivity index is 1.02. The van der Waals surface area contributed by atoms with Crippen molar-refractivity contribution >= 4 is 11.3 Å². The van der Waals surface area contributed by atoms with Crippen LogP contribution in [0.25, 0.3) is 16.6 Å². The Hall–Kier alpha value is -3.69. The highest BCUT2D eigenvalue weighted by Crippen LogP contribution is 2.36. The van der Waals surface area contributed by atoms with E-state index < -0.39 is 0 Å². The molecule has 196 valence electrons. The third-order valence-electron chi connectivity index (χ3n) is 8.24. The summed E-state index contributed by atoms with van der Waals surface area (Å²) in [4.78, 5) is 14.3. The van der Waals surface area contributed by atoms with Crippen LogP contribution >= 0.6 is 0 Å². The maximum absolute atomic E-state index is 6.12. The van der Waals surface area contributed by atoms with Gasteiger partial charge in [-0.25, -0.2) is 14.5 Å². The van der Waals surface area contributed by atoms with Gasteiger partial charge in [0.25, 0.3) is 0 Å². The van der Waals surface area contributed by atoms with E-state index in [0.29, 0.717) is 18.0 Å². The molecule has 8 heterocycles. The van der Waals surface area contributed by atoms with E-state index in [1.807, 2.05) is 41.4 Å². The van der Waals surface area contributed by atoms with Crippen LogP contribution in [0.4, 0.5) is 5.82 Å². The SMILES string of the molecule is COc1ccc(CN2C3CC2CN(c2ccc(-c4cc(OCCC5CNC5)cn5nccc45)cn2)C3)cn1. The van der Waals surface area contributed by atoms with Crippen molar-refractivity contribution in [1.29, 1.82) is 0 Å². The Morgan fingerprint density at radius 2 is 1.92 bits per heavy atom. The number of ether oxygens (including phenoxy) is 2. The second-order valence-corrected chi connectivity index (χ2v) is 10.6. The summed E-state index contributed by atoms with van der Waals surface area (Å²) in [6, 6.07) is 13.6. The first-order valence-electron chi connectivity index (χ1n) is 13.5. The maximum atomic E-state index is 6.12. The molecule has 9 heteroatoms. The van der Waals surface area contributed by atoms with Gasteiger partial charge in [-0.1, -0.05) is 6.07 Å². The molecule has 2 unspecified atom stereocenters. The Bertz CT molecular complexity index is 1390.